The summed E-state index contributed by atoms with van der Waals surface area (Å²) in [5, 5.41) is 3.60. The maximum Gasteiger partial charge on any atom is 0.211 e. The second-order valence-corrected chi connectivity index (χ2v) is 8.03. The van der Waals surface area contributed by atoms with Gasteiger partial charge in [-0.25, -0.2) is 12.7 Å². The third-order valence-electron chi connectivity index (χ3n) is 4.47. The van der Waals surface area contributed by atoms with Crippen molar-refractivity contribution < 1.29 is 8.42 Å². The van der Waals surface area contributed by atoms with Crippen LogP contribution in [0.25, 0.3) is 0 Å². The Morgan fingerprint density at radius 2 is 2.06 bits per heavy atom. The highest BCUT2D eigenvalue weighted by molar-refractivity contribution is 7.88. The van der Waals surface area contributed by atoms with E-state index < -0.39 is 10.0 Å². The van der Waals surface area contributed by atoms with Gasteiger partial charge < -0.3 is 5.32 Å². The first-order valence-corrected chi connectivity index (χ1v) is 9.00. The van der Waals surface area contributed by atoms with Crippen molar-refractivity contribution in [3.63, 3.8) is 0 Å². The molecule has 2 aliphatic rings. The lowest BCUT2D eigenvalue weighted by atomic mass is 9.84. The van der Waals surface area contributed by atoms with Crippen molar-refractivity contribution in [3.8, 4) is 0 Å². The summed E-state index contributed by atoms with van der Waals surface area (Å²) in [5.41, 5.74) is 0. The summed E-state index contributed by atoms with van der Waals surface area (Å²) in [6.07, 6.45) is 7.23. The molecular weight excluding hydrogens is 248 g/mol. The van der Waals surface area contributed by atoms with Gasteiger partial charge >= 0.3 is 0 Å². The van der Waals surface area contributed by atoms with E-state index >= 15 is 0 Å². The summed E-state index contributed by atoms with van der Waals surface area (Å²) in [5.74, 6) is 1.26. The average Bonchev–Trinajstić information content (AvgIpc) is 2.31. The minimum Gasteiger partial charge on any atom is -0.314 e. The first-order valence-electron chi connectivity index (χ1n) is 7.15. The van der Waals surface area contributed by atoms with E-state index in [-0.39, 0.29) is 0 Å². The summed E-state index contributed by atoms with van der Waals surface area (Å²) in [7, 11) is -3.00. The molecule has 3 unspecified atom stereocenters. The molecule has 2 aliphatic heterocycles. The third kappa shape index (κ3) is 3.68. The molecule has 106 valence electrons. The van der Waals surface area contributed by atoms with Gasteiger partial charge in [0.15, 0.2) is 0 Å². The standard InChI is InChI=1S/C13H26N2O2S/c1-11-5-3-7-14-13(11)9-12-6-4-8-15(10-12)18(2,16)17/h11-14H,3-10H2,1-2H3. The van der Waals surface area contributed by atoms with Gasteiger partial charge in [0, 0.05) is 19.1 Å². The quantitative estimate of drug-likeness (QED) is 0.847. The van der Waals surface area contributed by atoms with Gasteiger partial charge in [-0.1, -0.05) is 6.92 Å². The molecule has 3 atom stereocenters. The van der Waals surface area contributed by atoms with Crippen molar-refractivity contribution in [2.45, 2.75) is 45.1 Å². The summed E-state index contributed by atoms with van der Waals surface area (Å²) in [6, 6.07) is 0.586. The predicted molar refractivity (Wildman–Crippen MR) is 73.9 cm³/mol. The highest BCUT2D eigenvalue weighted by Crippen LogP contribution is 2.27. The smallest absolute Gasteiger partial charge is 0.211 e. The Morgan fingerprint density at radius 3 is 2.72 bits per heavy atom. The van der Waals surface area contributed by atoms with Crippen LogP contribution >= 0.6 is 0 Å². The largest absolute Gasteiger partial charge is 0.314 e. The minimum atomic E-state index is -3.00. The average molecular weight is 274 g/mol. The lowest BCUT2D eigenvalue weighted by molar-refractivity contribution is 0.199. The molecular formula is C13H26N2O2S. The van der Waals surface area contributed by atoms with Gasteiger partial charge in [-0.2, -0.15) is 0 Å². The number of hydrogen-bond donors (Lipinski definition) is 1. The Bertz CT molecular complexity index is 369. The van der Waals surface area contributed by atoms with Crippen molar-refractivity contribution in [2.75, 3.05) is 25.9 Å². The first kappa shape index (κ1) is 14.3. The normalized spacial score (nSPS) is 35.6. The molecule has 0 spiro atoms. The Morgan fingerprint density at radius 1 is 1.28 bits per heavy atom. The van der Waals surface area contributed by atoms with Crippen LogP contribution in [0.4, 0.5) is 0 Å². The molecule has 5 heteroatoms. The summed E-state index contributed by atoms with van der Waals surface area (Å²) in [4.78, 5) is 0. The molecule has 0 aromatic rings. The van der Waals surface area contributed by atoms with Gasteiger partial charge in [0.1, 0.15) is 0 Å². The van der Waals surface area contributed by atoms with Crippen LogP contribution in [0.5, 0.6) is 0 Å². The Kier molecular flexibility index (Phi) is 4.67. The zero-order valence-corrected chi connectivity index (χ0v) is 12.4. The first-order chi connectivity index (χ1) is 8.47. The molecule has 0 aromatic carbocycles. The van der Waals surface area contributed by atoms with E-state index in [1.54, 1.807) is 4.31 Å². The third-order valence-corrected chi connectivity index (χ3v) is 5.74. The van der Waals surface area contributed by atoms with E-state index in [1.807, 2.05) is 0 Å². The van der Waals surface area contributed by atoms with Crippen LogP contribution in [0.3, 0.4) is 0 Å². The molecule has 4 nitrogen and oxygen atoms in total. The number of rotatable bonds is 3. The number of nitrogens with one attached hydrogen (secondary N) is 1. The van der Waals surface area contributed by atoms with Crippen LogP contribution in [0.2, 0.25) is 0 Å². The Hall–Kier alpha value is -0.130. The van der Waals surface area contributed by atoms with Gasteiger partial charge in [-0.3, -0.25) is 0 Å². The maximum atomic E-state index is 11.6. The number of sulfonamides is 1. The SMILES string of the molecule is CC1CCCNC1CC1CCCN(S(C)(=O)=O)C1. The lowest BCUT2D eigenvalue weighted by Gasteiger charge is -2.36. The van der Waals surface area contributed by atoms with Crippen molar-refractivity contribution >= 4 is 10.0 Å². The molecule has 2 saturated heterocycles. The van der Waals surface area contributed by atoms with Gasteiger partial charge in [0.2, 0.25) is 10.0 Å². The monoisotopic (exact) mass is 274 g/mol. The molecule has 0 aromatic heterocycles. The summed E-state index contributed by atoms with van der Waals surface area (Å²) in [6.45, 7) is 4.87. The van der Waals surface area contributed by atoms with E-state index in [0.29, 0.717) is 18.5 Å². The van der Waals surface area contributed by atoms with Gasteiger partial charge in [0.25, 0.3) is 0 Å². The van der Waals surface area contributed by atoms with Crippen LogP contribution in [0.1, 0.15) is 39.0 Å². The fraction of sp³-hybridized carbons (Fsp3) is 1.00. The predicted octanol–water partition coefficient (Wildman–Crippen LogP) is 1.44. The molecule has 2 heterocycles. The molecule has 0 aliphatic carbocycles. The van der Waals surface area contributed by atoms with E-state index in [2.05, 4.69) is 12.2 Å². The van der Waals surface area contributed by atoms with Crippen LogP contribution in [-0.4, -0.2) is 44.7 Å². The number of piperidine rings is 2. The van der Waals surface area contributed by atoms with E-state index in [9.17, 15) is 8.42 Å². The van der Waals surface area contributed by atoms with Crippen LogP contribution in [0.15, 0.2) is 0 Å². The maximum absolute atomic E-state index is 11.6. The zero-order valence-electron chi connectivity index (χ0n) is 11.6. The van der Waals surface area contributed by atoms with Crippen LogP contribution in [0, 0.1) is 11.8 Å². The minimum absolute atomic E-state index is 0.534. The topological polar surface area (TPSA) is 49.4 Å². The van der Waals surface area contributed by atoms with Gasteiger partial charge in [-0.15, -0.1) is 0 Å². The molecule has 2 rings (SSSR count). The van der Waals surface area contributed by atoms with Crippen molar-refractivity contribution in [2.24, 2.45) is 11.8 Å². The molecule has 2 fully saturated rings. The van der Waals surface area contributed by atoms with E-state index in [4.69, 9.17) is 0 Å². The lowest BCUT2D eigenvalue weighted by Crippen LogP contribution is -2.45. The Labute approximate surface area is 111 Å². The molecule has 0 saturated carbocycles. The van der Waals surface area contributed by atoms with Gasteiger partial charge in [-0.05, 0) is 50.5 Å². The van der Waals surface area contributed by atoms with Crippen LogP contribution < -0.4 is 5.32 Å². The second kappa shape index (κ2) is 5.88. The molecule has 0 amide bonds. The number of nitrogens with zero attached hydrogens (tertiary/aromatic N) is 1. The van der Waals surface area contributed by atoms with Gasteiger partial charge in [0.05, 0.1) is 6.26 Å². The zero-order chi connectivity index (χ0) is 13.2. The fourth-order valence-electron chi connectivity index (χ4n) is 3.31. The number of hydrogen-bond acceptors (Lipinski definition) is 3. The second-order valence-electron chi connectivity index (χ2n) is 6.05. The highest BCUT2D eigenvalue weighted by atomic mass is 32.2. The van der Waals surface area contributed by atoms with E-state index in [1.165, 1.54) is 25.5 Å². The van der Waals surface area contributed by atoms with Crippen molar-refractivity contribution in [3.05, 3.63) is 0 Å². The molecule has 0 radical (unpaired) electrons. The van der Waals surface area contributed by atoms with Crippen LogP contribution in [-0.2, 0) is 10.0 Å². The summed E-state index contributed by atoms with van der Waals surface area (Å²) < 4.78 is 24.9. The molecule has 0 bridgehead atoms. The van der Waals surface area contributed by atoms with Crippen molar-refractivity contribution in [1.82, 2.24) is 9.62 Å². The van der Waals surface area contributed by atoms with Crippen molar-refractivity contribution in [1.29, 1.82) is 0 Å². The fourth-order valence-corrected chi connectivity index (χ4v) is 4.25. The Balaban J connectivity index is 1.89. The molecule has 18 heavy (non-hydrogen) atoms. The highest BCUT2D eigenvalue weighted by Gasteiger charge is 2.29. The summed E-state index contributed by atoms with van der Waals surface area (Å²) >= 11 is 0. The molecule has 1 N–H and O–H groups in total. The van der Waals surface area contributed by atoms with E-state index in [0.717, 1.165) is 31.8 Å².